The molecule has 2 aromatic carbocycles. The van der Waals surface area contributed by atoms with E-state index in [2.05, 4.69) is 68.1 Å². The fraction of sp³-hybridized carbons (Fsp3) is 0.576. The van der Waals surface area contributed by atoms with Crippen LogP contribution in [-0.2, 0) is 30.6 Å². The molecule has 186 valence electrons. The van der Waals surface area contributed by atoms with E-state index in [0.717, 1.165) is 31.5 Å². The molecule has 0 amide bonds. The zero-order chi connectivity index (χ0) is 23.8. The van der Waals surface area contributed by atoms with Crippen molar-refractivity contribution >= 4 is 0 Å². The molecule has 0 aliphatic heterocycles. The van der Waals surface area contributed by atoms with Gasteiger partial charge in [-0.25, -0.2) is 0 Å². The quantitative estimate of drug-likeness (QED) is 0.179. The van der Waals surface area contributed by atoms with Crippen molar-refractivity contribution in [3.05, 3.63) is 83.4 Å². The molecule has 1 saturated carbocycles. The molecule has 2 aromatic rings. The second-order valence-corrected chi connectivity index (χ2v) is 10.5. The van der Waals surface area contributed by atoms with Gasteiger partial charge in [0.1, 0.15) is 0 Å². The molecular formula is C33H48O. The molecule has 1 nitrogen and oxygen atoms in total. The van der Waals surface area contributed by atoms with Gasteiger partial charge in [0.2, 0.25) is 0 Å². The molecular weight excluding hydrogens is 412 g/mol. The lowest BCUT2D eigenvalue weighted by Crippen LogP contribution is -2.14. The molecule has 0 radical (unpaired) electrons. The molecule has 0 N–H and O–H groups in total. The maximum atomic E-state index is 5.62. The van der Waals surface area contributed by atoms with Crippen LogP contribution in [0.5, 0.6) is 0 Å². The highest BCUT2D eigenvalue weighted by atomic mass is 16.5. The highest BCUT2D eigenvalue weighted by Gasteiger charge is 2.19. The summed E-state index contributed by atoms with van der Waals surface area (Å²) < 4.78 is 5.62. The Bertz CT molecular complexity index is 780. The van der Waals surface area contributed by atoms with Gasteiger partial charge >= 0.3 is 0 Å². The molecule has 0 saturated heterocycles. The van der Waals surface area contributed by atoms with Crippen LogP contribution in [0.4, 0.5) is 0 Å². The predicted molar refractivity (Wildman–Crippen MR) is 147 cm³/mol. The predicted octanol–water partition coefficient (Wildman–Crippen LogP) is 9.27. The summed E-state index contributed by atoms with van der Waals surface area (Å²) in [4.78, 5) is 0. The summed E-state index contributed by atoms with van der Waals surface area (Å²) in [5.41, 5.74) is 5.73. The third kappa shape index (κ3) is 10.2. The Hall–Kier alpha value is -1.86. The number of rotatable bonds is 16. The van der Waals surface area contributed by atoms with E-state index < -0.39 is 0 Å². The lowest BCUT2D eigenvalue weighted by molar-refractivity contribution is 0.121. The first-order valence-corrected chi connectivity index (χ1v) is 14.1. The van der Waals surface area contributed by atoms with E-state index in [-0.39, 0.29) is 0 Å². The van der Waals surface area contributed by atoms with Crippen molar-refractivity contribution in [1.29, 1.82) is 0 Å². The lowest BCUT2D eigenvalue weighted by Gasteiger charge is -2.27. The monoisotopic (exact) mass is 460 g/mol. The van der Waals surface area contributed by atoms with E-state index in [1.807, 2.05) is 0 Å². The smallest absolute Gasteiger partial charge is 0.0716 e. The number of allylic oxidation sites excluding steroid dienone is 1. The van der Waals surface area contributed by atoms with Gasteiger partial charge in [0.25, 0.3) is 0 Å². The van der Waals surface area contributed by atoms with Crippen LogP contribution in [-0.4, -0.2) is 6.61 Å². The first kappa shape index (κ1) is 26.7. The fourth-order valence-corrected chi connectivity index (χ4v) is 5.42. The number of benzene rings is 2. The number of ether oxygens (including phenoxy) is 1. The highest BCUT2D eigenvalue weighted by Crippen LogP contribution is 2.33. The van der Waals surface area contributed by atoms with E-state index in [9.17, 15) is 0 Å². The van der Waals surface area contributed by atoms with Crippen LogP contribution in [0.15, 0.2) is 61.2 Å². The van der Waals surface area contributed by atoms with Crippen molar-refractivity contribution < 1.29 is 4.74 Å². The molecule has 0 unspecified atom stereocenters. The molecule has 1 aliphatic carbocycles. The van der Waals surface area contributed by atoms with Crippen molar-refractivity contribution in [3.63, 3.8) is 0 Å². The molecule has 34 heavy (non-hydrogen) atoms. The number of aryl methyl sites for hydroxylation is 3. The summed E-state index contributed by atoms with van der Waals surface area (Å²) in [6.45, 7) is 7.64. The fourth-order valence-electron chi connectivity index (χ4n) is 5.42. The molecule has 0 atom stereocenters. The van der Waals surface area contributed by atoms with E-state index in [1.54, 1.807) is 0 Å². The Morgan fingerprint density at radius 2 is 1.18 bits per heavy atom. The molecule has 0 bridgehead atoms. The standard InChI is InChI=1S/C33H48O/c1-3-9-28-14-16-29(17-15-28)10-5-6-11-30-18-20-31(21-19-30)12-7-8-13-32-22-24-33(25-23-32)27-34-26-4-2/h3,18-25,28-29H,1,4-17,26-27H2,2H3/t28-,29-. The zero-order valence-electron chi connectivity index (χ0n) is 21.8. The van der Waals surface area contributed by atoms with E-state index in [4.69, 9.17) is 4.74 Å². The molecule has 0 aromatic heterocycles. The van der Waals surface area contributed by atoms with Crippen molar-refractivity contribution in [2.24, 2.45) is 11.8 Å². The minimum atomic E-state index is 0.738. The van der Waals surface area contributed by atoms with Crippen molar-refractivity contribution in [3.8, 4) is 0 Å². The summed E-state index contributed by atoms with van der Waals surface area (Å²) >= 11 is 0. The van der Waals surface area contributed by atoms with Crippen molar-refractivity contribution in [2.45, 2.75) is 103 Å². The van der Waals surface area contributed by atoms with Crippen LogP contribution in [0.3, 0.4) is 0 Å². The van der Waals surface area contributed by atoms with Gasteiger partial charge < -0.3 is 4.74 Å². The largest absolute Gasteiger partial charge is 0.377 e. The van der Waals surface area contributed by atoms with Gasteiger partial charge in [0.05, 0.1) is 6.61 Å². The van der Waals surface area contributed by atoms with E-state index in [1.165, 1.54) is 106 Å². The average molecular weight is 461 g/mol. The Morgan fingerprint density at radius 1 is 0.706 bits per heavy atom. The summed E-state index contributed by atoms with van der Waals surface area (Å²) in [5, 5.41) is 0. The van der Waals surface area contributed by atoms with Crippen LogP contribution in [0.1, 0.15) is 99.8 Å². The Morgan fingerprint density at radius 3 is 1.68 bits per heavy atom. The lowest BCUT2D eigenvalue weighted by atomic mass is 9.78. The van der Waals surface area contributed by atoms with Crippen LogP contribution >= 0.6 is 0 Å². The number of hydrogen-bond donors (Lipinski definition) is 0. The molecule has 1 heteroatoms. The second-order valence-electron chi connectivity index (χ2n) is 10.5. The minimum Gasteiger partial charge on any atom is -0.377 e. The number of unbranched alkanes of at least 4 members (excludes halogenated alkanes) is 2. The van der Waals surface area contributed by atoms with Crippen LogP contribution in [0.25, 0.3) is 0 Å². The van der Waals surface area contributed by atoms with E-state index in [0.29, 0.717) is 0 Å². The molecule has 1 aliphatic rings. The maximum Gasteiger partial charge on any atom is 0.0716 e. The SMILES string of the molecule is C=CC[C@H]1CC[C@H](CCCCc2ccc(CCCCc3ccc(COCCC)cc3)cc2)CC1. The molecule has 0 heterocycles. The van der Waals surface area contributed by atoms with Crippen molar-refractivity contribution in [2.75, 3.05) is 6.61 Å². The molecule has 3 rings (SSSR count). The zero-order valence-corrected chi connectivity index (χ0v) is 21.8. The molecule has 1 fully saturated rings. The van der Waals surface area contributed by atoms with Gasteiger partial charge in [-0.3, -0.25) is 0 Å². The first-order valence-electron chi connectivity index (χ1n) is 14.1. The van der Waals surface area contributed by atoms with Gasteiger partial charge in [0, 0.05) is 6.61 Å². The van der Waals surface area contributed by atoms with Gasteiger partial charge in [-0.05, 0) is 98.3 Å². The third-order valence-corrected chi connectivity index (χ3v) is 7.64. The second kappa shape index (κ2) is 15.9. The Kier molecular flexibility index (Phi) is 12.5. The first-order chi connectivity index (χ1) is 16.8. The average Bonchev–Trinajstić information content (AvgIpc) is 2.87. The van der Waals surface area contributed by atoms with Gasteiger partial charge in [-0.2, -0.15) is 0 Å². The summed E-state index contributed by atoms with van der Waals surface area (Å²) in [5.74, 6) is 1.91. The minimum absolute atomic E-state index is 0.738. The Labute approximate surface area is 210 Å². The van der Waals surface area contributed by atoms with Crippen LogP contribution in [0.2, 0.25) is 0 Å². The summed E-state index contributed by atoms with van der Waals surface area (Å²) in [7, 11) is 0. The number of hydrogen-bond acceptors (Lipinski definition) is 1. The van der Waals surface area contributed by atoms with Gasteiger partial charge in [-0.1, -0.05) is 87.2 Å². The van der Waals surface area contributed by atoms with Gasteiger partial charge in [-0.15, -0.1) is 6.58 Å². The Balaban J connectivity index is 1.24. The molecule has 0 spiro atoms. The van der Waals surface area contributed by atoms with Crippen LogP contribution in [0, 0.1) is 11.8 Å². The van der Waals surface area contributed by atoms with Crippen molar-refractivity contribution in [1.82, 2.24) is 0 Å². The summed E-state index contributed by atoms with van der Waals surface area (Å²) in [6, 6.07) is 18.4. The third-order valence-electron chi connectivity index (χ3n) is 7.64. The maximum absolute atomic E-state index is 5.62. The van der Waals surface area contributed by atoms with E-state index >= 15 is 0 Å². The van der Waals surface area contributed by atoms with Gasteiger partial charge in [0.15, 0.2) is 0 Å². The summed E-state index contributed by atoms with van der Waals surface area (Å²) in [6.07, 6.45) is 20.5. The highest BCUT2D eigenvalue weighted by molar-refractivity contribution is 5.23. The van der Waals surface area contributed by atoms with Crippen LogP contribution < -0.4 is 0 Å². The topological polar surface area (TPSA) is 9.23 Å². The normalized spacial score (nSPS) is 18.1.